The van der Waals surface area contributed by atoms with E-state index in [2.05, 4.69) is 0 Å². The van der Waals surface area contributed by atoms with Crippen molar-refractivity contribution in [2.45, 2.75) is 28.5 Å². The quantitative estimate of drug-likeness (QED) is 0.511. The lowest BCUT2D eigenvalue weighted by molar-refractivity contribution is 0.477. The van der Waals surface area contributed by atoms with Crippen LogP contribution in [0.5, 0.6) is 0 Å². The summed E-state index contributed by atoms with van der Waals surface area (Å²) in [5.74, 6) is -0.421. The van der Waals surface area contributed by atoms with Crippen molar-refractivity contribution in [2.75, 3.05) is 17.4 Å². The van der Waals surface area contributed by atoms with Gasteiger partial charge in [-0.05, 0) is 60.2 Å². The number of hydrogen-bond donors (Lipinski definition) is 0. The minimum absolute atomic E-state index is 0.0531. The van der Waals surface area contributed by atoms with E-state index in [1.165, 1.54) is 46.8 Å². The maximum Gasteiger partial charge on any atom is 0.274 e. The predicted molar refractivity (Wildman–Crippen MR) is 119 cm³/mol. The molecular weight excluding hydrogens is 459 g/mol. The van der Waals surface area contributed by atoms with Gasteiger partial charge >= 0.3 is 0 Å². The number of thiophene rings is 1. The molecule has 1 aliphatic heterocycles. The Kier molecular flexibility index (Phi) is 6.16. The molecule has 1 fully saturated rings. The molecule has 3 aromatic rings. The molecule has 1 aliphatic rings. The molecule has 0 radical (unpaired) electrons. The van der Waals surface area contributed by atoms with Crippen LogP contribution in [0.4, 0.5) is 10.1 Å². The van der Waals surface area contributed by atoms with Gasteiger partial charge in [0.05, 0.1) is 17.1 Å². The van der Waals surface area contributed by atoms with Crippen LogP contribution in [0, 0.1) is 5.82 Å². The third-order valence-electron chi connectivity index (χ3n) is 5.09. The molecule has 0 N–H and O–H groups in total. The Bertz CT molecular complexity index is 1250. The average molecular weight is 481 g/mol. The SMILES string of the molecule is O=S(=O)(c1cccc(N(Cc2ccc(F)cc2)S(=O)(=O)c2cccs2)c1)N1CCCC1. The van der Waals surface area contributed by atoms with E-state index in [0.29, 0.717) is 18.7 Å². The Labute approximate surface area is 185 Å². The molecule has 2 aromatic carbocycles. The Morgan fingerprint density at radius 1 is 0.935 bits per heavy atom. The maximum atomic E-state index is 13.4. The molecule has 0 amide bonds. The van der Waals surface area contributed by atoms with Crippen molar-refractivity contribution < 1.29 is 21.2 Å². The van der Waals surface area contributed by atoms with Crippen molar-refractivity contribution in [1.82, 2.24) is 4.31 Å². The first kappa shape index (κ1) is 21.9. The summed E-state index contributed by atoms with van der Waals surface area (Å²) in [6, 6.07) is 14.7. The highest BCUT2D eigenvalue weighted by atomic mass is 32.2. The van der Waals surface area contributed by atoms with Crippen molar-refractivity contribution in [1.29, 1.82) is 0 Å². The Morgan fingerprint density at radius 3 is 2.29 bits per heavy atom. The smallest absolute Gasteiger partial charge is 0.261 e. The maximum absolute atomic E-state index is 13.4. The molecule has 6 nitrogen and oxygen atoms in total. The number of nitrogens with zero attached hydrogens (tertiary/aromatic N) is 2. The highest BCUT2D eigenvalue weighted by Gasteiger charge is 2.30. The van der Waals surface area contributed by atoms with Gasteiger partial charge in [-0.2, -0.15) is 4.31 Å². The monoisotopic (exact) mass is 480 g/mol. The van der Waals surface area contributed by atoms with Crippen molar-refractivity contribution in [3.8, 4) is 0 Å². The van der Waals surface area contributed by atoms with Gasteiger partial charge in [0, 0.05) is 13.1 Å². The van der Waals surface area contributed by atoms with Crippen molar-refractivity contribution in [2.24, 2.45) is 0 Å². The topological polar surface area (TPSA) is 74.8 Å². The van der Waals surface area contributed by atoms with Crippen LogP contribution in [-0.2, 0) is 26.6 Å². The molecule has 0 saturated carbocycles. The molecule has 31 heavy (non-hydrogen) atoms. The molecule has 2 heterocycles. The van der Waals surface area contributed by atoms with E-state index in [1.54, 1.807) is 23.6 Å². The molecule has 164 valence electrons. The third-order valence-corrected chi connectivity index (χ3v) is 10.1. The minimum Gasteiger partial charge on any atom is -0.261 e. The van der Waals surface area contributed by atoms with Crippen LogP contribution < -0.4 is 4.31 Å². The van der Waals surface area contributed by atoms with Crippen LogP contribution in [-0.4, -0.2) is 34.2 Å². The van der Waals surface area contributed by atoms with Gasteiger partial charge < -0.3 is 0 Å². The lowest BCUT2D eigenvalue weighted by Gasteiger charge is -2.25. The fourth-order valence-electron chi connectivity index (χ4n) is 3.47. The molecule has 0 aliphatic carbocycles. The molecule has 0 atom stereocenters. The van der Waals surface area contributed by atoms with Crippen molar-refractivity contribution in [3.63, 3.8) is 0 Å². The first-order chi connectivity index (χ1) is 14.8. The number of hydrogen-bond acceptors (Lipinski definition) is 5. The van der Waals surface area contributed by atoms with Gasteiger partial charge in [-0.25, -0.2) is 21.2 Å². The largest absolute Gasteiger partial charge is 0.274 e. The van der Waals surface area contributed by atoms with Gasteiger partial charge in [-0.15, -0.1) is 11.3 Å². The van der Waals surface area contributed by atoms with Crippen LogP contribution in [0.25, 0.3) is 0 Å². The fraction of sp³-hybridized carbons (Fsp3) is 0.238. The normalized spacial score (nSPS) is 15.3. The van der Waals surface area contributed by atoms with Gasteiger partial charge in [0.2, 0.25) is 10.0 Å². The van der Waals surface area contributed by atoms with Gasteiger partial charge in [0.1, 0.15) is 10.0 Å². The second-order valence-electron chi connectivity index (χ2n) is 7.18. The highest BCUT2D eigenvalue weighted by molar-refractivity contribution is 7.94. The van der Waals surface area contributed by atoms with E-state index >= 15 is 0 Å². The van der Waals surface area contributed by atoms with Crippen LogP contribution in [0.1, 0.15) is 18.4 Å². The summed E-state index contributed by atoms with van der Waals surface area (Å²) >= 11 is 1.08. The molecule has 4 rings (SSSR count). The summed E-state index contributed by atoms with van der Waals surface area (Å²) in [4.78, 5) is 0.0531. The van der Waals surface area contributed by atoms with E-state index in [0.717, 1.165) is 28.5 Å². The first-order valence-electron chi connectivity index (χ1n) is 9.69. The zero-order valence-corrected chi connectivity index (χ0v) is 19.0. The summed E-state index contributed by atoms with van der Waals surface area (Å²) in [5.41, 5.74) is 0.812. The molecule has 1 saturated heterocycles. The summed E-state index contributed by atoms with van der Waals surface area (Å²) < 4.78 is 68.8. The van der Waals surface area contributed by atoms with E-state index in [9.17, 15) is 21.2 Å². The Balaban J connectivity index is 1.77. The fourth-order valence-corrected chi connectivity index (χ4v) is 7.57. The number of halogens is 1. The summed E-state index contributed by atoms with van der Waals surface area (Å²) in [6.07, 6.45) is 1.62. The second-order valence-corrected chi connectivity index (χ2v) is 12.2. The van der Waals surface area contributed by atoms with Crippen LogP contribution in [0.3, 0.4) is 0 Å². The van der Waals surface area contributed by atoms with Crippen LogP contribution in [0.15, 0.2) is 75.1 Å². The Hall–Kier alpha value is -2.27. The molecule has 1 aromatic heterocycles. The van der Waals surface area contributed by atoms with Gasteiger partial charge in [-0.3, -0.25) is 4.31 Å². The predicted octanol–water partition coefficient (Wildman–Crippen LogP) is 4.07. The Morgan fingerprint density at radius 2 is 1.65 bits per heavy atom. The molecule has 10 heteroatoms. The third kappa shape index (κ3) is 4.52. The van der Waals surface area contributed by atoms with Gasteiger partial charge in [0.25, 0.3) is 10.0 Å². The number of rotatable bonds is 7. The van der Waals surface area contributed by atoms with Crippen molar-refractivity contribution >= 4 is 37.1 Å². The van der Waals surface area contributed by atoms with Crippen LogP contribution >= 0.6 is 11.3 Å². The second kappa shape index (κ2) is 8.70. The number of anilines is 1. The summed E-state index contributed by atoms with van der Waals surface area (Å²) in [5, 5.41) is 1.66. The number of benzene rings is 2. The average Bonchev–Trinajstić information content (AvgIpc) is 3.48. The highest BCUT2D eigenvalue weighted by Crippen LogP contribution is 2.31. The van der Waals surface area contributed by atoms with Crippen LogP contribution in [0.2, 0.25) is 0 Å². The summed E-state index contributed by atoms with van der Waals surface area (Å²) in [7, 11) is -7.66. The van der Waals surface area contributed by atoms with E-state index < -0.39 is 25.9 Å². The standard InChI is InChI=1S/C21H21FN2O4S3/c22-18-10-8-17(9-11-18)16-24(31(27,28)21-7-4-14-29-21)19-5-3-6-20(15-19)30(25,26)23-12-1-2-13-23/h3-11,14-15H,1-2,12-13,16H2. The molecule has 0 unspecified atom stereocenters. The molecule has 0 spiro atoms. The van der Waals surface area contributed by atoms with E-state index in [1.807, 2.05) is 0 Å². The van der Waals surface area contributed by atoms with E-state index in [-0.39, 0.29) is 21.3 Å². The zero-order chi connectivity index (χ0) is 22.1. The molecule has 0 bridgehead atoms. The minimum atomic E-state index is -3.95. The lowest BCUT2D eigenvalue weighted by Crippen LogP contribution is -2.31. The van der Waals surface area contributed by atoms with Gasteiger partial charge in [0.15, 0.2) is 0 Å². The molecular formula is C21H21FN2O4S3. The van der Waals surface area contributed by atoms with Crippen molar-refractivity contribution in [3.05, 3.63) is 77.4 Å². The summed E-state index contributed by atoms with van der Waals surface area (Å²) in [6.45, 7) is 0.854. The van der Waals surface area contributed by atoms with E-state index in [4.69, 9.17) is 0 Å². The number of sulfonamides is 2. The zero-order valence-electron chi connectivity index (χ0n) is 16.5. The first-order valence-corrected chi connectivity index (χ1v) is 13.5. The lowest BCUT2D eigenvalue weighted by atomic mass is 10.2. The van der Waals surface area contributed by atoms with Gasteiger partial charge in [-0.1, -0.05) is 24.3 Å².